The fraction of sp³-hybridized carbons (Fsp3) is 0.577. The summed E-state index contributed by atoms with van der Waals surface area (Å²) < 4.78 is 6.93. The van der Waals surface area contributed by atoms with Crippen LogP contribution in [0.1, 0.15) is 64.1 Å². The number of aryl methyl sites for hydroxylation is 1. The Labute approximate surface area is 197 Å². The lowest BCUT2D eigenvalue weighted by atomic mass is 9.92. The Balaban J connectivity index is 1.79. The summed E-state index contributed by atoms with van der Waals surface area (Å²) >= 11 is 0. The maximum atomic E-state index is 13.1. The quantitative estimate of drug-likeness (QED) is 0.567. The first-order valence-electron chi connectivity index (χ1n) is 11.9. The van der Waals surface area contributed by atoms with E-state index < -0.39 is 0 Å². The second-order valence-electron chi connectivity index (χ2n) is 10.0. The van der Waals surface area contributed by atoms with Crippen LogP contribution < -0.4 is 5.32 Å². The number of nitrogens with one attached hydrogen (secondary N) is 1. The third-order valence-corrected chi connectivity index (χ3v) is 6.15. The zero-order valence-corrected chi connectivity index (χ0v) is 20.7. The Hall–Kier alpha value is -2.67. The zero-order valence-electron chi connectivity index (χ0n) is 20.7. The molecule has 180 valence electrons. The van der Waals surface area contributed by atoms with Crippen LogP contribution in [0.4, 0.5) is 5.82 Å². The molecule has 2 amide bonds. The smallest absolute Gasteiger partial charge is 0.245 e. The highest BCUT2D eigenvalue weighted by Gasteiger charge is 2.29. The second kappa shape index (κ2) is 11.0. The van der Waals surface area contributed by atoms with E-state index in [4.69, 9.17) is 9.84 Å². The molecule has 1 aliphatic carbocycles. The predicted molar refractivity (Wildman–Crippen MR) is 131 cm³/mol. The molecule has 1 aromatic carbocycles. The average molecular weight is 455 g/mol. The van der Waals surface area contributed by atoms with Gasteiger partial charge in [-0.2, -0.15) is 5.10 Å². The maximum Gasteiger partial charge on any atom is 0.245 e. The number of aromatic nitrogens is 2. The number of benzene rings is 1. The first kappa shape index (κ1) is 25.0. The van der Waals surface area contributed by atoms with Crippen LogP contribution in [0, 0.1) is 12.8 Å². The van der Waals surface area contributed by atoms with Gasteiger partial charge < -0.3 is 15.0 Å². The number of hydrogen-bond acceptors (Lipinski definition) is 4. The average Bonchev–Trinajstić information content (AvgIpc) is 3.43. The molecule has 33 heavy (non-hydrogen) atoms. The molecule has 1 saturated carbocycles. The van der Waals surface area contributed by atoms with Gasteiger partial charge in [-0.1, -0.05) is 51.3 Å². The molecule has 0 atom stereocenters. The van der Waals surface area contributed by atoms with Gasteiger partial charge in [-0.15, -0.1) is 0 Å². The summed E-state index contributed by atoms with van der Waals surface area (Å²) in [6, 6.07) is 9.95. The number of anilines is 1. The number of carbonyl (C=O) groups excluding carboxylic acids is 2. The fourth-order valence-electron chi connectivity index (χ4n) is 4.17. The molecule has 2 aromatic rings. The van der Waals surface area contributed by atoms with E-state index in [9.17, 15) is 9.59 Å². The Morgan fingerprint density at radius 2 is 1.85 bits per heavy atom. The van der Waals surface area contributed by atoms with Crippen molar-refractivity contribution in [2.24, 2.45) is 5.92 Å². The lowest BCUT2D eigenvalue weighted by Gasteiger charge is -2.25. The third-order valence-electron chi connectivity index (χ3n) is 6.15. The molecule has 1 N–H and O–H groups in total. The first-order chi connectivity index (χ1) is 15.7. The van der Waals surface area contributed by atoms with Crippen LogP contribution in [0.5, 0.6) is 0 Å². The van der Waals surface area contributed by atoms with Crippen molar-refractivity contribution in [3.63, 3.8) is 0 Å². The van der Waals surface area contributed by atoms with E-state index in [1.54, 1.807) is 16.7 Å². The summed E-state index contributed by atoms with van der Waals surface area (Å²) in [5.74, 6) is 0.513. The summed E-state index contributed by atoms with van der Waals surface area (Å²) in [6.45, 7) is 9.43. The van der Waals surface area contributed by atoms with Crippen molar-refractivity contribution >= 4 is 17.6 Å². The molecule has 0 aliphatic heterocycles. The molecule has 1 aliphatic rings. The van der Waals surface area contributed by atoms with E-state index in [1.165, 1.54) is 0 Å². The Bertz CT molecular complexity index is 937. The monoisotopic (exact) mass is 454 g/mol. The normalized spacial score (nSPS) is 14.5. The Kier molecular flexibility index (Phi) is 8.30. The van der Waals surface area contributed by atoms with E-state index in [-0.39, 0.29) is 29.7 Å². The molecule has 7 nitrogen and oxygen atoms in total. The molecule has 1 heterocycles. The third kappa shape index (κ3) is 6.67. The zero-order chi connectivity index (χ0) is 24.0. The van der Waals surface area contributed by atoms with Gasteiger partial charge in [0.15, 0.2) is 0 Å². The number of rotatable bonds is 9. The van der Waals surface area contributed by atoms with Crippen LogP contribution >= 0.6 is 0 Å². The van der Waals surface area contributed by atoms with E-state index in [0.717, 1.165) is 42.6 Å². The summed E-state index contributed by atoms with van der Waals surface area (Å²) in [6.07, 6.45) is 4.70. The topological polar surface area (TPSA) is 76.5 Å². The SMILES string of the molecule is COCCCN(CC(=O)Nc1cc(C(C)(C)C)nn1-c1ccc(C)cc1)C(=O)C1CCCC1. The maximum absolute atomic E-state index is 13.1. The van der Waals surface area contributed by atoms with Gasteiger partial charge in [0, 0.05) is 37.7 Å². The van der Waals surface area contributed by atoms with Gasteiger partial charge in [0.1, 0.15) is 5.82 Å². The number of carbonyl (C=O) groups is 2. The number of hydrogen-bond donors (Lipinski definition) is 1. The van der Waals surface area contributed by atoms with Crippen LogP contribution in [-0.4, -0.2) is 53.3 Å². The highest BCUT2D eigenvalue weighted by Crippen LogP contribution is 2.28. The second-order valence-corrected chi connectivity index (χ2v) is 10.0. The number of nitrogens with zero attached hydrogens (tertiary/aromatic N) is 3. The molecule has 0 radical (unpaired) electrons. The molecular weight excluding hydrogens is 416 g/mol. The molecule has 1 fully saturated rings. The molecule has 7 heteroatoms. The van der Waals surface area contributed by atoms with E-state index >= 15 is 0 Å². The van der Waals surface area contributed by atoms with Crippen molar-refractivity contribution in [1.82, 2.24) is 14.7 Å². The molecule has 1 aromatic heterocycles. The Morgan fingerprint density at radius 3 is 2.45 bits per heavy atom. The van der Waals surface area contributed by atoms with Crippen LogP contribution in [0.25, 0.3) is 5.69 Å². The van der Waals surface area contributed by atoms with Crippen LogP contribution in [0.2, 0.25) is 0 Å². The highest BCUT2D eigenvalue weighted by molar-refractivity contribution is 5.94. The molecule has 0 saturated heterocycles. The predicted octanol–water partition coefficient (Wildman–Crippen LogP) is 4.47. The van der Waals surface area contributed by atoms with Crippen LogP contribution in [0.15, 0.2) is 30.3 Å². The summed E-state index contributed by atoms with van der Waals surface area (Å²) in [5, 5.41) is 7.80. The van der Waals surface area contributed by atoms with Crippen molar-refractivity contribution < 1.29 is 14.3 Å². The van der Waals surface area contributed by atoms with Crippen molar-refractivity contribution in [2.75, 3.05) is 32.1 Å². The van der Waals surface area contributed by atoms with Crippen molar-refractivity contribution in [3.8, 4) is 5.69 Å². The summed E-state index contributed by atoms with van der Waals surface area (Å²) in [7, 11) is 1.65. The molecule has 0 spiro atoms. The minimum Gasteiger partial charge on any atom is -0.385 e. The van der Waals surface area contributed by atoms with Gasteiger partial charge in [0.25, 0.3) is 0 Å². The van der Waals surface area contributed by atoms with Gasteiger partial charge in [-0.25, -0.2) is 4.68 Å². The minimum absolute atomic E-state index is 0.0307. The molecular formula is C26H38N4O3. The van der Waals surface area contributed by atoms with Crippen molar-refractivity contribution in [2.45, 2.75) is 65.2 Å². The Morgan fingerprint density at radius 1 is 1.18 bits per heavy atom. The van der Waals surface area contributed by atoms with Crippen molar-refractivity contribution in [3.05, 3.63) is 41.6 Å². The van der Waals surface area contributed by atoms with Gasteiger partial charge in [0.05, 0.1) is 17.9 Å². The molecule has 0 unspecified atom stereocenters. The van der Waals surface area contributed by atoms with E-state index in [2.05, 4.69) is 26.1 Å². The fourth-order valence-corrected chi connectivity index (χ4v) is 4.17. The summed E-state index contributed by atoms with van der Waals surface area (Å²) in [4.78, 5) is 27.9. The van der Waals surface area contributed by atoms with Gasteiger partial charge in [-0.3, -0.25) is 9.59 Å². The number of amides is 2. The first-order valence-corrected chi connectivity index (χ1v) is 11.9. The number of methoxy groups -OCH3 is 1. The van der Waals surface area contributed by atoms with Crippen LogP contribution in [0.3, 0.4) is 0 Å². The van der Waals surface area contributed by atoms with E-state index in [1.807, 2.05) is 37.3 Å². The molecule has 3 rings (SSSR count). The van der Waals surface area contributed by atoms with Crippen molar-refractivity contribution in [1.29, 1.82) is 0 Å². The standard InChI is InChI=1S/C26H38N4O3/c1-19-11-13-21(14-12-19)30-23(17-22(28-30)26(2,3)4)27-24(31)18-29(15-8-16-33-5)25(32)20-9-6-7-10-20/h11-14,17,20H,6-10,15-16,18H2,1-5H3,(H,27,31). The largest absolute Gasteiger partial charge is 0.385 e. The summed E-state index contributed by atoms with van der Waals surface area (Å²) in [5.41, 5.74) is 2.76. The van der Waals surface area contributed by atoms with Gasteiger partial charge >= 0.3 is 0 Å². The van der Waals surface area contributed by atoms with Gasteiger partial charge in [-0.05, 0) is 38.3 Å². The van der Waals surface area contributed by atoms with Gasteiger partial charge in [0.2, 0.25) is 11.8 Å². The molecule has 0 bridgehead atoms. The van der Waals surface area contributed by atoms with E-state index in [0.29, 0.717) is 25.4 Å². The lowest BCUT2D eigenvalue weighted by Crippen LogP contribution is -2.41. The number of ether oxygens (including phenoxy) is 1. The lowest BCUT2D eigenvalue weighted by molar-refractivity contribution is -0.138. The minimum atomic E-state index is -0.215. The van der Waals surface area contributed by atoms with Crippen LogP contribution in [-0.2, 0) is 19.7 Å². The highest BCUT2D eigenvalue weighted by atomic mass is 16.5.